The van der Waals surface area contributed by atoms with E-state index in [-0.39, 0.29) is 5.69 Å². The smallest absolute Gasteiger partial charge is 0.258 e. The van der Waals surface area contributed by atoms with Crippen LogP contribution in [0.15, 0.2) is 24.5 Å². The maximum absolute atomic E-state index is 10.6. The minimum absolute atomic E-state index is 0.0145. The van der Waals surface area contributed by atoms with Crippen molar-refractivity contribution in [1.82, 2.24) is 10.2 Å². The molecule has 0 amide bonds. The first kappa shape index (κ1) is 8.83. The predicted octanol–water partition coefficient (Wildman–Crippen LogP) is 2.19. The van der Waals surface area contributed by atoms with Crippen molar-refractivity contribution in [2.24, 2.45) is 0 Å². The Morgan fingerprint density at radius 1 is 1.21 bits per heavy atom. The average Bonchev–Trinajstić information content (AvgIpc) is 2.18. The summed E-state index contributed by atoms with van der Waals surface area (Å²) in [6, 6.07) is 2.83. The molecule has 0 saturated carbocycles. The Hall–Kier alpha value is -1.75. The Labute approximate surface area is 83.5 Å². The number of rotatable bonds is 1. The van der Waals surface area contributed by atoms with Gasteiger partial charge in [-0.1, -0.05) is 11.6 Å². The van der Waals surface area contributed by atoms with Gasteiger partial charge in [0, 0.05) is 11.5 Å². The van der Waals surface area contributed by atoms with Crippen LogP contribution in [0.5, 0.6) is 0 Å². The number of non-ortho nitro benzene ring substituents is 1. The molecule has 2 aromatic rings. The van der Waals surface area contributed by atoms with Crippen molar-refractivity contribution < 1.29 is 4.92 Å². The second-order valence-electron chi connectivity index (χ2n) is 2.64. The number of nitrogens with zero attached hydrogens (tertiary/aromatic N) is 3. The molecular weight excluding hydrogens is 206 g/mol. The van der Waals surface area contributed by atoms with Gasteiger partial charge in [0.2, 0.25) is 0 Å². The van der Waals surface area contributed by atoms with Crippen molar-refractivity contribution in [3.8, 4) is 0 Å². The SMILES string of the molecule is O=[N+]([O-])c1ccc(Cl)c2cnncc12. The van der Waals surface area contributed by atoms with Crippen LogP contribution in [0.4, 0.5) is 5.69 Å². The van der Waals surface area contributed by atoms with Crippen LogP contribution < -0.4 is 0 Å². The van der Waals surface area contributed by atoms with E-state index in [0.29, 0.717) is 15.8 Å². The highest BCUT2D eigenvalue weighted by atomic mass is 35.5. The van der Waals surface area contributed by atoms with Crippen LogP contribution in [0.1, 0.15) is 0 Å². The molecule has 0 atom stereocenters. The van der Waals surface area contributed by atoms with E-state index in [9.17, 15) is 10.1 Å². The van der Waals surface area contributed by atoms with Gasteiger partial charge in [0.05, 0.1) is 27.7 Å². The standard InChI is InChI=1S/C8H4ClN3O2/c9-7-1-2-8(12(13)14)6-4-11-10-3-5(6)7/h1-4H. The van der Waals surface area contributed by atoms with E-state index in [1.165, 1.54) is 24.5 Å². The second-order valence-corrected chi connectivity index (χ2v) is 3.05. The van der Waals surface area contributed by atoms with Crippen LogP contribution in [-0.2, 0) is 0 Å². The Kier molecular flexibility index (Phi) is 2.01. The Bertz CT molecular complexity index is 515. The Balaban J connectivity index is 2.88. The lowest BCUT2D eigenvalue weighted by Gasteiger charge is -1.99. The summed E-state index contributed by atoms with van der Waals surface area (Å²) in [7, 11) is 0. The fraction of sp³-hybridized carbons (Fsp3) is 0. The summed E-state index contributed by atoms with van der Waals surface area (Å²) in [5, 5.41) is 19.2. The molecule has 6 heteroatoms. The van der Waals surface area contributed by atoms with Crippen LogP contribution in [0.2, 0.25) is 5.02 Å². The lowest BCUT2D eigenvalue weighted by molar-refractivity contribution is -0.383. The topological polar surface area (TPSA) is 68.9 Å². The van der Waals surface area contributed by atoms with E-state index >= 15 is 0 Å². The van der Waals surface area contributed by atoms with Gasteiger partial charge < -0.3 is 0 Å². The van der Waals surface area contributed by atoms with Gasteiger partial charge in [0.1, 0.15) is 0 Å². The fourth-order valence-corrected chi connectivity index (χ4v) is 1.42. The molecule has 0 spiro atoms. The molecule has 0 aliphatic carbocycles. The Morgan fingerprint density at radius 3 is 2.50 bits per heavy atom. The van der Waals surface area contributed by atoms with E-state index in [1.807, 2.05) is 0 Å². The molecular formula is C8H4ClN3O2. The average molecular weight is 210 g/mol. The molecule has 70 valence electrons. The van der Waals surface area contributed by atoms with Crippen molar-refractivity contribution >= 4 is 28.1 Å². The quantitative estimate of drug-likeness (QED) is 0.533. The summed E-state index contributed by atoms with van der Waals surface area (Å²) < 4.78 is 0. The normalized spacial score (nSPS) is 10.4. The van der Waals surface area contributed by atoms with Crippen LogP contribution in [0, 0.1) is 10.1 Å². The summed E-state index contributed by atoms with van der Waals surface area (Å²) in [4.78, 5) is 10.2. The van der Waals surface area contributed by atoms with Gasteiger partial charge in [0.25, 0.3) is 5.69 Å². The van der Waals surface area contributed by atoms with E-state index in [0.717, 1.165) is 0 Å². The van der Waals surface area contributed by atoms with Gasteiger partial charge in [0.15, 0.2) is 0 Å². The zero-order chi connectivity index (χ0) is 10.1. The third-order valence-electron chi connectivity index (χ3n) is 1.85. The van der Waals surface area contributed by atoms with E-state index in [1.54, 1.807) is 0 Å². The molecule has 0 N–H and O–H groups in total. The fourth-order valence-electron chi connectivity index (χ4n) is 1.21. The number of aromatic nitrogens is 2. The molecule has 0 aliphatic heterocycles. The van der Waals surface area contributed by atoms with Crippen molar-refractivity contribution in [3.63, 3.8) is 0 Å². The molecule has 2 rings (SSSR count). The molecule has 0 unspecified atom stereocenters. The predicted molar refractivity (Wildman–Crippen MR) is 51.2 cm³/mol. The molecule has 0 radical (unpaired) electrons. The highest BCUT2D eigenvalue weighted by Gasteiger charge is 2.13. The molecule has 1 aromatic carbocycles. The molecule has 5 nitrogen and oxygen atoms in total. The van der Waals surface area contributed by atoms with Crippen molar-refractivity contribution in [3.05, 3.63) is 39.7 Å². The van der Waals surface area contributed by atoms with Gasteiger partial charge in [-0.15, -0.1) is 0 Å². The number of fused-ring (bicyclic) bond motifs is 1. The highest BCUT2D eigenvalue weighted by Crippen LogP contribution is 2.29. The van der Waals surface area contributed by atoms with E-state index in [4.69, 9.17) is 11.6 Å². The van der Waals surface area contributed by atoms with Gasteiger partial charge >= 0.3 is 0 Å². The maximum atomic E-state index is 10.6. The summed E-state index contributed by atoms with van der Waals surface area (Å²) in [5.74, 6) is 0. The molecule has 14 heavy (non-hydrogen) atoms. The largest absolute Gasteiger partial charge is 0.278 e. The summed E-state index contributed by atoms with van der Waals surface area (Å²) in [6.07, 6.45) is 2.74. The lowest BCUT2D eigenvalue weighted by atomic mass is 10.2. The lowest BCUT2D eigenvalue weighted by Crippen LogP contribution is -1.91. The van der Waals surface area contributed by atoms with E-state index in [2.05, 4.69) is 10.2 Å². The molecule has 0 saturated heterocycles. The van der Waals surface area contributed by atoms with Crippen LogP contribution in [-0.4, -0.2) is 15.1 Å². The number of benzene rings is 1. The monoisotopic (exact) mass is 209 g/mol. The zero-order valence-electron chi connectivity index (χ0n) is 6.85. The molecule has 0 aliphatic rings. The first-order valence-electron chi connectivity index (χ1n) is 3.73. The number of nitro benzene ring substituents is 1. The van der Waals surface area contributed by atoms with Gasteiger partial charge in [-0.2, -0.15) is 10.2 Å². The van der Waals surface area contributed by atoms with Crippen molar-refractivity contribution in [2.45, 2.75) is 0 Å². The van der Waals surface area contributed by atoms with Crippen LogP contribution in [0.3, 0.4) is 0 Å². The Morgan fingerprint density at radius 2 is 1.86 bits per heavy atom. The maximum Gasteiger partial charge on any atom is 0.278 e. The number of hydrogen-bond acceptors (Lipinski definition) is 4. The zero-order valence-corrected chi connectivity index (χ0v) is 7.60. The minimum Gasteiger partial charge on any atom is -0.258 e. The number of hydrogen-bond donors (Lipinski definition) is 0. The van der Waals surface area contributed by atoms with Crippen LogP contribution >= 0.6 is 11.6 Å². The highest BCUT2D eigenvalue weighted by molar-refractivity contribution is 6.35. The molecule has 1 heterocycles. The molecule has 0 bridgehead atoms. The first-order valence-corrected chi connectivity index (χ1v) is 4.11. The summed E-state index contributed by atoms with van der Waals surface area (Å²) in [6.45, 7) is 0. The van der Waals surface area contributed by atoms with Gasteiger partial charge in [-0.25, -0.2) is 0 Å². The second kappa shape index (κ2) is 3.19. The summed E-state index contributed by atoms with van der Waals surface area (Å²) >= 11 is 5.84. The van der Waals surface area contributed by atoms with Crippen molar-refractivity contribution in [1.29, 1.82) is 0 Å². The van der Waals surface area contributed by atoms with E-state index < -0.39 is 4.92 Å². The number of halogens is 1. The first-order chi connectivity index (χ1) is 6.70. The number of nitro groups is 1. The molecule has 0 fully saturated rings. The van der Waals surface area contributed by atoms with Gasteiger partial charge in [-0.05, 0) is 6.07 Å². The third-order valence-corrected chi connectivity index (χ3v) is 2.18. The molecule has 1 aromatic heterocycles. The van der Waals surface area contributed by atoms with Gasteiger partial charge in [-0.3, -0.25) is 10.1 Å². The minimum atomic E-state index is -0.472. The van der Waals surface area contributed by atoms with Crippen molar-refractivity contribution in [2.75, 3.05) is 0 Å². The summed E-state index contributed by atoms with van der Waals surface area (Å²) in [5.41, 5.74) is -0.0145. The third kappa shape index (κ3) is 1.27. The van der Waals surface area contributed by atoms with Crippen LogP contribution in [0.25, 0.3) is 10.8 Å².